The van der Waals surface area contributed by atoms with Crippen LogP contribution in [0.2, 0.25) is 0 Å². The molecular formula is C20H20N4S. The molecule has 4 rings (SSSR count). The Labute approximate surface area is 152 Å². The number of aromatic nitrogens is 2. The highest BCUT2D eigenvalue weighted by molar-refractivity contribution is 7.80. The minimum absolute atomic E-state index is 0.288. The van der Waals surface area contributed by atoms with E-state index < -0.39 is 0 Å². The maximum absolute atomic E-state index is 5.77. The standard InChI is InChI=1S/C20H20N4S/c25-20(23-18-9-3-8-17-16(18)7-5-12-22-17)24-13-2-1-10-19(24)15-6-4-11-21-14-15/h3-9,11-12,14,19H,1-2,10,13H2,(H,23,25). The number of fused-ring (bicyclic) bond motifs is 1. The van der Waals surface area contributed by atoms with Crippen molar-refractivity contribution in [2.24, 2.45) is 0 Å². The van der Waals surface area contributed by atoms with E-state index >= 15 is 0 Å². The van der Waals surface area contributed by atoms with E-state index in [2.05, 4.69) is 38.4 Å². The van der Waals surface area contributed by atoms with Crippen molar-refractivity contribution < 1.29 is 0 Å². The molecule has 1 aliphatic rings. The monoisotopic (exact) mass is 348 g/mol. The van der Waals surface area contributed by atoms with Crippen molar-refractivity contribution in [3.05, 3.63) is 66.6 Å². The van der Waals surface area contributed by atoms with E-state index in [1.54, 1.807) is 0 Å². The first-order valence-corrected chi connectivity index (χ1v) is 9.05. The van der Waals surface area contributed by atoms with Crippen LogP contribution in [-0.2, 0) is 0 Å². The van der Waals surface area contributed by atoms with Crippen molar-refractivity contribution in [3.8, 4) is 0 Å². The molecule has 1 N–H and O–H groups in total. The quantitative estimate of drug-likeness (QED) is 0.688. The summed E-state index contributed by atoms with van der Waals surface area (Å²) in [5.74, 6) is 0. The van der Waals surface area contributed by atoms with E-state index in [0.717, 1.165) is 41.1 Å². The maximum atomic E-state index is 5.77. The van der Waals surface area contributed by atoms with Crippen LogP contribution in [0.5, 0.6) is 0 Å². The molecule has 2 aromatic heterocycles. The van der Waals surface area contributed by atoms with Gasteiger partial charge in [-0.25, -0.2) is 0 Å². The number of hydrogen-bond acceptors (Lipinski definition) is 3. The van der Waals surface area contributed by atoms with Gasteiger partial charge >= 0.3 is 0 Å². The lowest BCUT2D eigenvalue weighted by Crippen LogP contribution is -2.41. The average molecular weight is 348 g/mol. The number of pyridine rings is 2. The molecule has 5 heteroatoms. The lowest BCUT2D eigenvalue weighted by molar-refractivity contribution is 0.248. The number of rotatable bonds is 2. The zero-order valence-corrected chi connectivity index (χ0v) is 14.7. The molecular weight excluding hydrogens is 328 g/mol. The lowest BCUT2D eigenvalue weighted by atomic mass is 9.97. The number of benzene rings is 1. The van der Waals surface area contributed by atoms with Crippen molar-refractivity contribution in [2.75, 3.05) is 11.9 Å². The van der Waals surface area contributed by atoms with Crippen LogP contribution in [0.1, 0.15) is 30.9 Å². The first kappa shape index (κ1) is 16.0. The van der Waals surface area contributed by atoms with E-state index in [1.165, 1.54) is 12.0 Å². The Balaban J connectivity index is 1.60. The summed E-state index contributed by atoms with van der Waals surface area (Å²) in [5.41, 5.74) is 3.20. The van der Waals surface area contributed by atoms with Gasteiger partial charge in [0.1, 0.15) is 0 Å². The van der Waals surface area contributed by atoms with E-state index in [9.17, 15) is 0 Å². The molecule has 0 amide bonds. The van der Waals surface area contributed by atoms with Crippen molar-refractivity contribution >= 4 is 33.9 Å². The minimum atomic E-state index is 0.288. The van der Waals surface area contributed by atoms with Crippen LogP contribution >= 0.6 is 12.2 Å². The number of nitrogens with one attached hydrogen (secondary N) is 1. The van der Waals surface area contributed by atoms with Gasteiger partial charge in [-0.1, -0.05) is 12.1 Å². The Hall–Kier alpha value is -2.53. The topological polar surface area (TPSA) is 41.1 Å². The van der Waals surface area contributed by atoms with Crippen LogP contribution in [-0.4, -0.2) is 26.5 Å². The largest absolute Gasteiger partial charge is 0.342 e. The summed E-state index contributed by atoms with van der Waals surface area (Å²) in [6.45, 7) is 0.967. The third-order valence-electron chi connectivity index (χ3n) is 4.72. The molecule has 0 spiro atoms. The molecule has 126 valence electrons. The Morgan fingerprint density at radius 1 is 1.08 bits per heavy atom. The second kappa shape index (κ2) is 7.15. The number of hydrogen-bond donors (Lipinski definition) is 1. The molecule has 1 aromatic carbocycles. The van der Waals surface area contributed by atoms with Gasteiger partial charge in [0.2, 0.25) is 0 Å². The normalized spacial score (nSPS) is 17.4. The fourth-order valence-corrected chi connectivity index (χ4v) is 3.82. The van der Waals surface area contributed by atoms with Crippen molar-refractivity contribution in [3.63, 3.8) is 0 Å². The van der Waals surface area contributed by atoms with Crippen molar-refractivity contribution in [1.29, 1.82) is 0 Å². The highest BCUT2D eigenvalue weighted by atomic mass is 32.1. The number of piperidine rings is 1. The highest BCUT2D eigenvalue weighted by Gasteiger charge is 2.26. The second-order valence-electron chi connectivity index (χ2n) is 6.30. The third-order valence-corrected chi connectivity index (χ3v) is 5.06. The first-order chi connectivity index (χ1) is 12.3. The second-order valence-corrected chi connectivity index (χ2v) is 6.68. The molecule has 4 nitrogen and oxygen atoms in total. The summed E-state index contributed by atoms with van der Waals surface area (Å²) in [5, 5.41) is 5.31. The van der Waals surface area contributed by atoms with Gasteiger partial charge < -0.3 is 10.2 Å². The SMILES string of the molecule is S=C(Nc1cccc2ncccc12)N1CCCCC1c1cccnc1. The zero-order chi connectivity index (χ0) is 17.1. The highest BCUT2D eigenvalue weighted by Crippen LogP contribution is 2.31. The molecule has 1 saturated heterocycles. The number of thiocarbonyl (C=S) groups is 1. The summed E-state index contributed by atoms with van der Waals surface area (Å²) in [6, 6.07) is 14.5. The van der Waals surface area contributed by atoms with Gasteiger partial charge in [0, 0.05) is 36.2 Å². The fraction of sp³-hybridized carbons (Fsp3) is 0.250. The van der Waals surface area contributed by atoms with Gasteiger partial charge in [-0.3, -0.25) is 9.97 Å². The van der Waals surface area contributed by atoms with Crippen LogP contribution in [0.15, 0.2) is 61.1 Å². The predicted molar refractivity (Wildman–Crippen MR) is 105 cm³/mol. The van der Waals surface area contributed by atoms with Gasteiger partial charge in [0.25, 0.3) is 0 Å². The van der Waals surface area contributed by atoms with E-state index in [0.29, 0.717) is 0 Å². The Kier molecular flexibility index (Phi) is 4.57. The summed E-state index contributed by atoms with van der Waals surface area (Å²) < 4.78 is 0. The molecule has 1 unspecified atom stereocenters. The molecule has 0 aliphatic carbocycles. The number of likely N-dealkylation sites (tertiary alicyclic amines) is 1. The van der Waals surface area contributed by atoms with Crippen molar-refractivity contribution in [2.45, 2.75) is 25.3 Å². The average Bonchev–Trinajstić information content (AvgIpc) is 2.69. The van der Waals surface area contributed by atoms with Gasteiger partial charge in [-0.2, -0.15) is 0 Å². The third kappa shape index (κ3) is 3.33. The van der Waals surface area contributed by atoms with Gasteiger partial charge in [-0.15, -0.1) is 0 Å². The van der Waals surface area contributed by atoms with Crippen LogP contribution in [0, 0.1) is 0 Å². The fourth-order valence-electron chi connectivity index (χ4n) is 3.49. The summed E-state index contributed by atoms with van der Waals surface area (Å²) in [7, 11) is 0. The Bertz CT molecular complexity index is 876. The smallest absolute Gasteiger partial charge is 0.173 e. The van der Waals surface area contributed by atoms with E-state index in [1.807, 2.05) is 42.9 Å². The van der Waals surface area contributed by atoms with E-state index in [4.69, 9.17) is 12.2 Å². The van der Waals surface area contributed by atoms with Gasteiger partial charge in [0.15, 0.2) is 5.11 Å². The van der Waals surface area contributed by atoms with Crippen LogP contribution in [0.4, 0.5) is 5.69 Å². The molecule has 0 radical (unpaired) electrons. The minimum Gasteiger partial charge on any atom is -0.342 e. The maximum Gasteiger partial charge on any atom is 0.173 e. The van der Waals surface area contributed by atoms with E-state index in [-0.39, 0.29) is 6.04 Å². The lowest BCUT2D eigenvalue weighted by Gasteiger charge is -2.38. The summed E-state index contributed by atoms with van der Waals surface area (Å²) in [6.07, 6.45) is 9.06. The summed E-state index contributed by atoms with van der Waals surface area (Å²) >= 11 is 5.77. The summed E-state index contributed by atoms with van der Waals surface area (Å²) in [4.78, 5) is 11.0. The van der Waals surface area contributed by atoms with Gasteiger partial charge in [0.05, 0.1) is 11.6 Å². The molecule has 1 fully saturated rings. The number of nitrogens with zero attached hydrogens (tertiary/aromatic N) is 3. The first-order valence-electron chi connectivity index (χ1n) is 8.64. The molecule has 3 heterocycles. The van der Waals surface area contributed by atoms with Crippen LogP contribution < -0.4 is 5.32 Å². The van der Waals surface area contributed by atoms with Crippen molar-refractivity contribution in [1.82, 2.24) is 14.9 Å². The zero-order valence-electron chi connectivity index (χ0n) is 13.9. The Morgan fingerprint density at radius 2 is 2.00 bits per heavy atom. The molecule has 3 aromatic rings. The number of anilines is 1. The van der Waals surface area contributed by atoms with Crippen LogP contribution in [0.3, 0.4) is 0 Å². The molecule has 1 aliphatic heterocycles. The van der Waals surface area contributed by atoms with Crippen LogP contribution in [0.25, 0.3) is 10.9 Å². The molecule has 25 heavy (non-hydrogen) atoms. The molecule has 1 atom stereocenters. The predicted octanol–water partition coefficient (Wildman–Crippen LogP) is 4.55. The Morgan fingerprint density at radius 3 is 2.88 bits per heavy atom. The molecule has 0 saturated carbocycles. The molecule has 0 bridgehead atoms. The van der Waals surface area contributed by atoms with Gasteiger partial charge in [-0.05, 0) is 67.4 Å².